The van der Waals surface area contributed by atoms with Gasteiger partial charge in [0.1, 0.15) is 17.5 Å². The summed E-state index contributed by atoms with van der Waals surface area (Å²) < 4.78 is 5.51. The minimum atomic E-state index is 0.268. The Morgan fingerprint density at radius 2 is 2.00 bits per heavy atom. The van der Waals surface area contributed by atoms with E-state index in [9.17, 15) is 0 Å². The lowest BCUT2D eigenvalue weighted by Crippen LogP contribution is -2.14. The summed E-state index contributed by atoms with van der Waals surface area (Å²) in [5.74, 6) is 2.41. The van der Waals surface area contributed by atoms with Crippen molar-refractivity contribution >= 4 is 11.6 Å². The predicted molar refractivity (Wildman–Crippen MR) is 79.5 cm³/mol. The molecule has 0 aromatic carbocycles. The number of nitrogens with two attached hydrogens (primary N) is 1. The summed E-state index contributed by atoms with van der Waals surface area (Å²) in [6.07, 6.45) is 2.27. The number of unbranched alkanes of at least 4 members (excludes halogenated alkanes) is 1. The Bertz CT molecular complexity index is 393. The Morgan fingerprint density at radius 1 is 1.26 bits per heavy atom. The summed E-state index contributed by atoms with van der Waals surface area (Å²) in [7, 11) is 0. The van der Waals surface area contributed by atoms with Crippen LogP contribution < -0.4 is 11.1 Å². The van der Waals surface area contributed by atoms with Crippen LogP contribution in [0.1, 0.15) is 50.9 Å². The van der Waals surface area contributed by atoms with Crippen LogP contribution in [0.25, 0.3) is 0 Å². The van der Waals surface area contributed by atoms with Gasteiger partial charge in [-0.15, -0.1) is 0 Å². The molecule has 0 bridgehead atoms. The Morgan fingerprint density at radius 3 is 2.63 bits per heavy atom. The number of hydrogen-bond acceptors (Lipinski definition) is 5. The number of rotatable bonds is 8. The molecule has 0 fully saturated rings. The molecular weight excluding hydrogens is 240 g/mol. The highest BCUT2D eigenvalue weighted by Crippen LogP contribution is 2.20. The van der Waals surface area contributed by atoms with Crippen LogP contribution in [0.3, 0.4) is 0 Å². The van der Waals surface area contributed by atoms with Gasteiger partial charge in [0.2, 0.25) is 0 Å². The maximum absolute atomic E-state index is 5.91. The second-order valence-electron chi connectivity index (χ2n) is 4.99. The van der Waals surface area contributed by atoms with E-state index in [1.54, 1.807) is 0 Å². The lowest BCUT2D eigenvalue weighted by Gasteiger charge is -2.13. The Kier molecular flexibility index (Phi) is 6.56. The molecule has 108 valence electrons. The molecular formula is C14H26N4O. The molecule has 1 aromatic rings. The van der Waals surface area contributed by atoms with Gasteiger partial charge in [0.05, 0.1) is 6.61 Å². The Hall–Kier alpha value is -1.36. The van der Waals surface area contributed by atoms with E-state index < -0.39 is 0 Å². The summed E-state index contributed by atoms with van der Waals surface area (Å²) in [6.45, 7) is 10.4. The van der Waals surface area contributed by atoms with Gasteiger partial charge >= 0.3 is 0 Å². The van der Waals surface area contributed by atoms with E-state index in [0.29, 0.717) is 12.4 Å². The molecule has 5 heteroatoms. The summed E-state index contributed by atoms with van der Waals surface area (Å²) >= 11 is 0. The standard InChI is InChI=1S/C14H26N4O/c1-5-6-8-19-9-7-16-14-11(4)12(15)17-13(18-14)10(2)3/h10H,5-9H2,1-4H3,(H3,15,16,17,18). The van der Waals surface area contributed by atoms with Crippen molar-refractivity contribution in [3.05, 3.63) is 11.4 Å². The molecule has 0 saturated carbocycles. The van der Waals surface area contributed by atoms with Gasteiger partial charge in [0.25, 0.3) is 0 Å². The first-order valence-electron chi connectivity index (χ1n) is 7.01. The minimum absolute atomic E-state index is 0.268. The van der Waals surface area contributed by atoms with Crippen LogP contribution in [0.2, 0.25) is 0 Å². The van der Waals surface area contributed by atoms with Crippen molar-refractivity contribution in [3.8, 4) is 0 Å². The first-order valence-corrected chi connectivity index (χ1v) is 7.01. The quantitative estimate of drug-likeness (QED) is 0.708. The van der Waals surface area contributed by atoms with Crippen molar-refractivity contribution in [2.75, 3.05) is 30.8 Å². The average molecular weight is 266 g/mol. The molecule has 0 aliphatic rings. The molecule has 0 aliphatic heterocycles. The zero-order chi connectivity index (χ0) is 14.3. The Balaban J connectivity index is 2.52. The number of nitrogens with zero attached hydrogens (tertiary/aromatic N) is 2. The molecule has 19 heavy (non-hydrogen) atoms. The molecule has 5 nitrogen and oxygen atoms in total. The predicted octanol–water partition coefficient (Wildman–Crippen LogP) is 2.72. The minimum Gasteiger partial charge on any atom is -0.383 e. The first kappa shape index (κ1) is 15.7. The van der Waals surface area contributed by atoms with Crippen molar-refractivity contribution in [1.82, 2.24) is 9.97 Å². The third kappa shape index (κ3) is 5.03. The number of nitrogen functional groups attached to an aromatic ring is 1. The second kappa shape index (κ2) is 7.94. The molecule has 1 rings (SSSR count). The molecule has 0 spiro atoms. The van der Waals surface area contributed by atoms with Crippen LogP contribution in [-0.4, -0.2) is 29.7 Å². The van der Waals surface area contributed by atoms with Gasteiger partial charge in [-0.2, -0.15) is 0 Å². The normalized spacial score (nSPS) is 11.0. The molecule has 1 heterocycles. The van der Waals surface area contributed by atoms with Crippen molar-refractivity contribution in [3.63, 3.8) is 0 Å². The topological polar surface area (TPSA) is 73.1 Å². The van der Waals surface area contributed by atoms with Crippen LogP contribution in [0.15, 0.2) is 0 Å². The molecule has 0 aliphatic carbocycles. The third-order valence-corrected chi connectivity index (χ3v) is 2.90. The van der Waals surface area contributed by atoms with E-state index in [1.807, 2.05) is 6.92 Å². The van der Waals surface area contributed by atoms with Crippen LogP contribution in [-0.2, 0) is 4.74 Å². The van der Waals surface area contributed by atoms with E-state index >= 15 is 0 Å². The van der Waals surface area contributed by atoms with Gasteiger partial charge < -0.3 is 15.8 Å². The number of ether oxygens (including phenoxy) is 1. The van der Waals surface area contributed by atoms with Crippen molar-refractivity contribution in [2.45, 2.75) is 46.5 Å². The summed E-state index contributed by atoms with van der Waals surface area (Å²) in [5.41, 5.74) is 6.81. The molecule has 0 saturated heterocycles. The maximum atomic E-state index is 5.91. The lowest BCUT2D eigenvalue weighted by molar-refractivity contribution is 0.141. The highest BCUT2D eigenvalue weighted by Gasteiger charge is 2.10. The molecule has 0 unspecified atom stereocenters. The van der Waals surface area contributed by atoms with Crippen LogP contribution in [0.4, 0.5) is 11.6 Å². The number of aromatic nitrogens is 2. The monoisotopic (exact) mass is 266 g/mol. The lowest BCUT2D eigenvalue weighted by atomic mass is 10.2. The van der Waals surface area contributed by atoms with E-state index in [0.717, 1.165) is 43.2 Å². The van der Waals surface area contributed by atoms with Gasteiger partial charge in [-0.05, 0) is 13.3 Å². The highest BCUT2D eigenvalue weighted by molar-refractivity contribution is 5.54. The second-order valence-corrected chi connectivity index (χ2v) is 4.99. The van der Waals surface area contributed by atoms with E-state index in [4.69, 9.17) is 10.5 Å². The average Bonchev–Trinajstić information content (AvgIpc) is 2.37. The number of anilines is 2. The van der Waals surface area contributed by atoms with Crippen LogP contribution in [0, 0.1) is 6.92 Å². The Labute approximate surface area is 116 Å². The molecule has 1 aromatic heterocycles. The van der Waals surface area contributed by atoms with Crippen LogP contribution >= 0.6 is 0 Å². The van der Waals surface area contributed by atoms with Crippen molar-refractivity contribution in [2.24, 2.45) is 0 Å². The molecule has 0 amide bonds. The molecule has 0 atom stereocenters. The zero-order valence-corrected chi connectivity index (χ0v) is 12.5. The van der Waals surface area contributed by atoms with Gasteiger partial charge in [-0.25, -0.2) is 9.97 Å². The molecule has 0 radical (unpaired) electrons. The summed E-state index contributed by atoms with van der Waals surface area (Å²) in [4.78, 5) is 8.81. The van der Waals surface area contributed by atoms with Gasteiger partial charge in [-0.3, -0.25) is 0 Å². The van der Waals surface area contributed by atoms with Gasteiger partial charge in [0.15, 0.2) is 0 Å². The fourth-order valence-electron chi connectivity index (χ4n) is 1.57. The fourth-order valence-corrected chi connectivity index (χ4v) is 1.57. The fraction of sp³-hybridized carbons (Fsp3) is 0.714. The van der Waals surface area contributed by atoms with Crippen molar-refractivity contribution in [1.29, 1.82) is 0 Å². The molecule has 3 N–H and O–H groups in total. The van der Waals surface area contributed by atoms with Gasteiger partial charge in [0, 0.05) is 24.6 Å². The van der Waals surface area contributed by atoms with E-state index in [2.05, 4.69) is 36.1 Å². The van der Waals surface area contributed by atoms with Crippen molar-refractivity contribution < 1.29 is 4.74 Å². The zero-order valence-electron chi connectivity index (χ0n) is 12.5. The SMILES string of the molecule is CCCCOCCNc1nc(C(C)C)nc(N)c1C. The summed E-state index contributed by atoms with van der Waals surface area (Å²) in [6, 6.07) is 0. The van der Waals surface area contributed by atoms with Crippen LogP contribution in [0.5, 0.6) is 0 Å². The summed E-state index contributed by atoms with van der Waals surface area (Å²) in [5, 5.41) is 3.27. The number of hydrogen-bond donors (Lipinski definition) is 2. The van der Waals surface area contributed by atoms with Gasteiger partial charge in [-0.1, -0.05) is 27.2 Å². The maximum Gasteiger partial charge on any atom is 0.135 e. The van der Waals surface area contributed by atoms with E-state index in [-0.39, 0.29) is 5.92 Å². The highest BCUT2D eigenvalue weighted by atomic mass is 16.5. The smallest absolute Gasteiger partial charge is 0.135 e. The third-order valence-electron chi connectivity index (χ3n) is 2.90. The largest absolute Gasteiger partial charge is 0.383 e. The number of nitrogens with one attached hydrogen (secondary N) is 1. The van der Waals surface area contributed by atoms with E-state index in [1.165, 1.54) is 0 Å². The first-order chi connectivity index (χ1) is 9.06.